The minimum Gasteiger partial charge on any atom is -0.394 e. The Labute approximate surface area is 81.6 Å². The van der Waals surface area contributed by atoms with Gasteiger partial charge in [0, 0.05) is 18.8 Å². The molecule has 1 aromatic rings. The van der Waals surface area contributed by atoms with E-state index in [-0.39, 0.29) is 19.0 Å². The van der Waals surface area contributed by atoms with Crippen molar-refractivity contribution in [2.75, 3.05) is 12.3 Å². The predicted octanol–water partition coefficient (Wildman–Crippen LogP) is -0.846. The lowest BCUT2D eigenvalue weighted by Gasteiger charge is -1.98. The highest BCUT2D eigenvalue weighted by molar-refractivity contribution is 5.32. The van der Waals surface area contributed by atoms with Gasteiger partial charge in [0.1, 0.15) is 0 Å². The third kappa shape index (κ3) is 3.39. The molecule has 0 aliphatic carbocycles. The van der Waals surface area contributed by atoms with E-state index in [1.807, 2.05) is 0 Å². The van der Waals surface area contributed by atoms with Crippen molar-refractivity contribution in [1.29, 1.82) is 0 Å². The van der Waals surface area contributed by atoms with Gasteiger partial charge in [-0.3, -0.25) is 0 Å². The lowest BCUT2D eigenvalue weighted by molar-refractivity contribution is 0.0992. The van der Waals surface area contributed by atoms with Gasteiger partial charge < -0.3 is 15.9 Å². The van der Waals surface area contributed by atoms with E-state index in [0.29, 0.717) is 5.56 Å². The molecule has 4 N–H and O–H groups in total. The summed E-state index contributed by atoms with van der Waals surface area (Å²) in [6, 6.07) is 0. The van der Waals surface area contributed by atoms with Gasteiger partial charge in [-0.05, 0) is 0 Å². The number of nitrogen functional groups attached to an aromatic ring is 1. The van der Waals surface area contributed by atoms with Crippen LogP contribution in [0, 0.1) is 11.8 Å². The monoisotopic (exact) mass is 193 g/mol. The first-order valence-electron chi connectivity index (χ1n) is 4.07. The maximum atomic E-state index is 8.98. The Morgan fingerprint density at radius 2 is 2.07 bits per heavy atom. The van der Waals surface area contributed by atoms with E-state index in [1.165, 1.54) is 12.4 Å². The maximum Gasteiger partial charge on any atom is 0.219 e. The highest BCUT2D eigenvalue weighted by Gasteiger charge is 1.96. The molecule has 74 valence electrons. The summed E-state index contributed by atoms with van der Waals surface area (Å²) in [6.45, 7) is -0.285. The summed E-state index contributed by atoms with van der Waals surface area (Å²) in [6.07, 6.45) is 2.43. The highest BCUT2D eigenvalue weighted by Crippen LogP contribution is 1.95. The van der Waals surface area contributed by atoms with Crippen LogP contribution in [0.3, 0.4) is 0 Å². The maximum absolute atomic E-state index is 8.98. The van der Waals surface area contributed by atoms with Crippen molar-refractivity contribution in [3.05, 3.63) is 18.0 Å². The van der Waals surface area contributed by atoms with E-state index in [2.05, 4.69) is 21.8 Å². The average Bonchev–Trinajstić information content (AvgIpc) is 2.21. The molecule has 0 saturated carbocycles. The lowest BCUT2D eigenvalue weighted by Crippen LogP contribution is -2.09. The summed E-state index contributed by atoms with van der Waals surface area (Å²) in [5.74, 6) is 5.63. The van der Waals surface area contributed by atoms with Crippen LogP contribution >= 0.6 is 0 Å². The second-order valence-electron chi connectivity index (χ2n) is 2.67. The van der Waals surface area contributed by atoms with Gasteiger partial charge in [-0.1, -0.05) is 11.8 Å². The Bertz CT molecular complexity index is 339. The van der Waals surface area contributed by atoms with Crippen LogP contribution in [-0.4, -0.2) is 32.9 Å². The number of hydrogen-bond acceptors (Lipinski definition) is 5. The van der Waals surface area contributed by atoms with E-state index in [1.54, 1.807) is 0 Å². The molecule has 0 spiro atoms. The number of nitrogens with two attached hydrogens (primary N) is 1. The van der Waals surface area contributed by atoms with Crippen LogP contribution in [-0.2, 0) is 0 Å². The van der Waals surface area contributed by atoms with Gasteiger partial charge in [0.2, 0.25) is 5.95 Å². The number of anilines is 1. The molecule has 0 fully saturated rings. The van der Waals surface area contributed by atoms with Crippen molar-refractivity contribution < 1.29 is 10.2 Å². The SMILES string of the molecule is Nc1ncc(C#CC[C@H](O)CO)cn1. The zero-order valence-corrected chi connectivity index (χ0v) is 7.51. The van der Waals surface area contributed by atoms with Crippen LogP contribution in [0.2, 0.25) is 0 Å². The molecule has 1 heterocycles. The van der Waals surface area contributed by atoms with E-state index >= 15 is 0 Å². The zero-order valence-electron chi connectivity index (χ0n) is 7.51. The molecule has 0 unspecified atom stereocenters. The molecule has 0 aliphatic heterocycles. The molecule has 5 heteroatoms. The first-order valence-corrected chi connectivity index (χ1v) is 4.07. The number of nitrogens with zero attached hydrogens (tertiary/aromatic N) is 2. The fraction of sp³-hybridized carbons (Fsp3) is 0.333. The number of rotatable bonds is 2. The van der Waals surface area contributed by atoms with E-state index < -0.39 is 6.10 Å². The summed E-state index contributed by atoms with van der Waals surface area (Å²) in [7, 11) is 0. The number of aliphatic hydroxyl groups excluding tert-OH is 2. The van der Waals surface area contributed by atoms with E-state index in [9.17, 15) is 0 Å². The normalized spacial score (nSPS) is 11.6. The van der Waals surface area contributed by atoms with E-state index in [4.69, 9.17) is 15.9 Å². The summed E-state index contributed by atoms with van der Waals surface area (Å²) in [4.78, 5) is 7.50. The van der Waals surface area contributed by atoms with Gasteiger partial charge in [0.15, 0.2) is 0 Å². The van der Waals surface area contributed by atoms with E-state index in [0.717, 1.165) is 0 Å². The van der Waals surface area contributed by atoms with Crippen LogP contribution < -0.4 is 5.73 Å². The van der Waals surface area contributed by atoms with Gasteiger partial charge >= 0.3 is 0 Å². The Morgan fingerprint density at radius 1 is 1.43 bits per heavy atom. The molecule has 0 radical (unpaired) electrons. The molecule has 0 saturated heterocycles. The Balaban J connectivity index is 2.55. The van der Waals surface area contributed by atoms with Crippen molar-refractivity contribution in [3.63, 3.8) is 0 Å². The zero-order chi connectivity index (χ0) is 10.4. The summed E-state index contributed by atoms with van der Waals surface area (Å²) in [5, 5.41) is 17.5. The molecule has 1 rings (SSSR count). The van der Waals surface area contributed by atoms with Gasteiger partial charge in [0.25, 0.3) is 0 Å². The minimum absolute atomic E-state index is 0.200. The summed E-state index contributed by atoms with van der Waals surface area (Å²) >= 11 is 0. The fourth-order valence-corrected chi connectivity index (χ4v) is 0.738. The van der Waals surface area contributed by atoms with Crippen LogP contribution in [0.25, 0.3) is 0 Å². The lowest BCUT2D eigenvalue weighted by atomic mass is 10.2. The second-order valence-corrected chi connectivity index (χ2v) is 2.67. The Hall–Kier alpha value is -1.64. The third-order valence-corrected chi connectivity index (χ3v) is 1.45. The van der Waals surface area contributed by atoms with Crippen molar-refractivity contribution >= 4 is 5.95 Å². The predicted molar refractivity (Wildman–Crippen MR) is 51.0 cm³/mol. The van der Waals surface area contributed by atoms with Crippen molar-refractivity contribution in [1.82, 2.24) is 9.97 Å². The van der Waals surface area contributed by atoms with Crippen LogP contribution in [0.15, 0.2) is 12.4 Å². The smallest absolute Gasteiger partial charge is 0.219 e. The number of hydrogen-bond donors (Lipinski definition) is 3. The molecule has 0 aliphatic rings. The molecule has 0 amide bonds. The Kier molecular flexibility index (Phi) is 3.85. The van der Waals surface area contributed by atoms with Gasteiger partial charge in [-0.25, -0.2) is 9.97 Å². The third-order valence-electron chi connectivity index (χ3n) is 1.45. The number of aromatic nitrogens is 2. The van der Waals surface area contributed by atoms with Crippen LogP contribution in [0.5, 0.6) is 0 Å². The molecule has 14 heavy (non-hydrogen) atoms. The van der Waals surface area contributed by atoms with Crippen molar-refractivity contribution in [2.45, 2.75) is 12.5 Å². The second kappa shape index (κ2) is 5.17. The van der Waals surface area contributed by atoms with Gasteiger partial charge in [0.05, 0.1) is 18.3 Å². The summed E-state index contributed by atoms with van der Waals surface area (Å²) < 4.78 is 0. The molecular formula is C9H11N3O2. The summed E-state index contributed by atoms with van der Waals surface area (Å²) in [5.41, 5.74) is 5.91. The van der Waals surface area contributed by atoms with Crippen LogP contribution in [0.1, 0.15) is 12.0 Å². The molecule has 0 bridgehead atoms. The van der Waals surface area contributed by atoms with Crippen molar-refractivity contribution in [3.8, 4) is 11.8 Å². The largest absolute Gasteiger partial charge is 0.394 e. The van der Waals surface area contributed by atoms with Crippen LogP contribution in [0.4, 0.5) is 5.95 Å². The van der Waals surface area contributed by atoms with Gasteiger partial charge in [-0.2, -0.15) is 0 Å². The quantitative estimate of drug-likeness (QED) is 0.532. The topological polar surface area (TPSA) is 92.3 Å². The van der Waals surface area contributed by atoms with Gasteiger partial charge in [-0.15, -0.1) is 0 Å². The molecule has 1 aromatic heterocycles. The number of aliphatic hydroxyl groups is 2. The average molecular weight is 193 g/mol. The molecule has 1 atom stereocenters. The first kappa shape index (κ1) is 10.4. The minimum atomic E-state index is -0.794. The first-order chi connectivity index (χ1) is 6.72. The fourth-order valence-electron chi connectivity index (χ4n) is 0.738. The highest BCUT2D eigenvalue weighted by atomic mass is 16.3. The molecular weight excluding hydrogens is 182 g/mol. The Morgan fingerprint density at radius 3 is 2.64 bits per heavy atom. The molecule has 0 aromatic carbocycles. The standard InChI is InChI=1S/C9H11N3O2/c10-9-11-4-7(5-12-9)2-1-3-8(14)6-13/h4-5,8,13-14H,3,6H2,(H2,10,11,12)/t8-/m0/s1. The van der Waals surface area contributed by atoms with Crippen molar-refractivity contribution in [2.24, 2.45) is 0 Å². The molecule has 5 nitrogen and oxygen atoms in total.